The monoisotopic (exact) mass is 347 g/mol. The third-order valence-corrected chi connectivity index (χ3v) is 3.61. The molecule has 7 N–H and O–H groups in total. The highest BCUT2D eigenvalue weighted by atomic mass is 16.4. The summed E-state index contributed by atoms with van der Waals surface area (Å²) in [7, 11) is 0. The summed E-state index contributed by atoms with van der Waals surface area (Å²) < 4.78 is 0. The van der Waals surface area contributed by atoms with E-state index in [0.717, 1.165) is 0 Å². The van der Waals surface area contributed by atoms with Gasteiger partial charge in [-0.3, -0.25) is 14.4 Å². The molecule has 0 saturated heterocycles. The number of hydrogen-bond acceptors (Lipinski definition) is 6. The molecule has 0 aliphatic heterocycles. The van der Waals surface area contributed by atoms with E-state index in [-0.39, 0.29) is 0 Å². The van der Waals surface area contributed by atoms with Crippen LogP contribution in [0.1, 0.15) is 33.6 Å². The third-order valence-electron chi connectivity index (χ3n) is 3.61. The second-order valence-corrected chi connectivity index (χ2v) is 5.64. The molecule has 138 valence electrons. The quantitative estimate of drug-likeness (QED) is 0.270. The van der Waals surface area contributed by atoms with Crippen LogP contribution in [0.5, 0.6) is 0 Å². The van der Waals surface area contributed by atoms with E-state index in [1.807, 2.05) is 0 Å². The SMILES string of the molecule is CC[C@H](C)[C@H](NC(=O)[C@H](CC(=O)O)NC(=O)[C@@H](N)[C@@H](C)O)C(=O)O. The van der Waals surface area contributed by atoms with Gasteiger partial charge in [-0.1, -0.05) is 20.3 Å². The van der Waals surface area contributed by atoms with Gasteiger partial charge in [0.2, 0.25) is 11.8 Å². The maximum Gasteiger partial charge on any atom is 0.326 e. The summed E-state index contributed by atoms with van der Waals surface area (Å²) in [4.78, 5) is 46.1. The number of aliphatic carboxylic acids is 2. The van der Waals surface area contributed by atoms with Gasteiger partial charge in [0.1, 0.15) is 18.1 Å². The van der Waals surface area contributed by atoms with E-state index < -0.39 is 60.3 Å². The summed E-state index contributed by atoms with van der Waals surface area (Å²) in [6.07, 6.45) is -1.48. The van der Waals surface area contributed by atoms with Crippen molar-refractivity contribution in [3.63, 3.8) is 0 Å². The van der Waals surface area contributed by atoms with Crippen molar-refractivity contribution in [2.45, 2.75) is 57.8 Å². The first-order valence-electron chi connectivity index (χ1n) is 7.50. The van der Waals surface area contributed by atoms with Gasteiger partial charge in [0.25, 0.3) is 0 Å². The molecule has 0 aromatic carbocycles. The van der Waals surface area contributed by atoms with E-state index in [1.54, 1.807) is 13.8 Å². The first-order valence-corrected chi connectivity index (χ1v) is 7.50. The highest BCUT2D eigenvalue weighted by Crippen LogP contribution is 2.09. The van der Waals surface area contributed by atoms with Crippen LogP contribution in [0.15, 0.2) is 0 Å². The second-order valence-electron chi connectivity index (χ2n) is 5.64. The number of carbonyl (C=O) groups is 4. The third kappa shape index (κ3) is 6.92. The highest BCUT2D eigenvalue weighted by Gasteiger charge is 2.32. The number of carbonyl (C=O) groups excluding carboxylic acids is 2. The topological polar surface area (TPSA) is 179 Å². The zero-order chi connectivity index (χ0) is 19.0. The number of rotatable bonds is 10. The minimum atomic E-state index is -1.51. The molecule has 0 aromatic heterocycles. The van der Waals surface area contributed by atoms with Gasteiger partial charge < -0.3 is 31.7 Å². The summed E-state index contributed by atoms with van der Waals surface area (Å²) in [6.45, 7) is 4.62. The standard InChI is InChI=1S/C14H25N3O7/c1-4-6(2)11(14(23)24)17-12(21)8(5-9(19)20)16-13(22)10(15)7(3)18/h6-8,10-11,18H,4-5,15H2,1-3H3,(H,16,22)(H,17,21)(H,19,20)(H,23,24)/t6-,7+,8-,10-,11-/m0/s1. The zero-order valence-corrected chi connectivity index (χ0v) is 13.9. The molecule has 0 heterocycles. The van der Waals surface area contributed by atoms with E-state index in [4.69, 9.17) is 15.9 Å². The van der Waals surface area contributed by atoms with Crippen LogP contribution in [-0.4, -0.2) is 63.3 Å². The lowest BCUT2D eigenvalue weighted by atomic mass is 9.98. The Kier molecular flexibility index (Phi) is 8.93. The molecule has 0 saturated carbocycles. The van der Waals surface area contributed by atoms with Crippen molar-refractivity contribution in [2.24, 2.45) is 11.7 Å². The Hall–Kier alpha value is -2.20. The number of nitrogens with one attached hydrogen (secondary N) is 2. The summed E-state index contributed by atoms with van der Waals surface area (Å²) in [5.41, 5.74) is 5.42. The van der Waals surface area contributed by atoms with Crippen LogP contribution in [0.3, 0.4) is 0 Å². The van der Waals surface area contributed by atoms with Gasteiger partial charge in [0.05, 0.1) is 12.5 Å². The fraction of sp³-hybridized carbons (Fsp3) is 0.714. The molecule has 0 unspecified atom stereocenters. The van der Waals surface area contributed by atoms with Gasteiger partial charge >= 0.3 is 11.9 Å². The average Bonchev–Trinajstić information content (AvgIpc) is 2.48. The summed E-state index contributed by atoms with van der Waals surface area (Å²) >= 11 is 0. The smallest absolute Gasteiger partial charge is 0.326 e. The van der Waals surface area contributed by atoms with Crippen molar-refractivity contribution in [2.75, 3.05) is 0 Å². The molecule has 10 nitrogen and oxygen atoms in total. The predicted molar refractivity (Wildman–Crippen MR) is 82.9 cm³/mol. The number of carboxylic acids is 2. The van der Waals surface area contributed by atoms with Gasteiger partial charge in [-0.2, -0.15) is 0 Å². The van der Waals surface area contributed by atoms with Crippen LogP contribution in [-0.2, 0) is 19.2 Å². The number of amides is 2. The molecule has 0 rings (SSSR count). The summed E-state index contributed by atoms with van der Waals surface area (Å²) in [5.74, 6) is -4.89. The lowest BCUT2D eigenvalue weighted by molar-refractivity contribution is -0.144. The van der Waals surface area contributed by atoms with Gasteiger partial charge in [-0.25, -0.2) is 4.79 Å². The van der Waals surface area contributed by atoms with Gasteiger partial charge in [0.15, 0.2) is 0 Å². The molecule has 0 spiro atoms. The minimum Gasteiger partial charge on any atom is -0.481 e. The molecule has 5 atom stereocenters. The van der Waals surface area contributed by atoms with Crippen molar-refractivity contribution in [1.29, 1.82) is 0 Å². The van der Waals surface area contributed by atoms with Gasteiger partial charge in [-0.05, 0) is 12.8 Å². The molecular formula is C14H25N3O7. The number of nitrogens with two attached hydrogens (primary N) is 1. The lowest BCUT2D eigenvalue weighted by Crippen LogP contribution is -2.57. The molecule has 0 aromatic rings. The molecule has 0 aliphatic carbocycles. The van der Waals surface area contributed by atoms with E-state index >= 15 is 0 Å². The van der Waals surface area contributed by atoms with E-state index in [0.29, 0.717) is 6.42 Å². The van der Waals surface area contributed by atoms with Crippen LogP contribution in [0.4, 0.5) is 0 Å². The van der Waals surface area contributed by atoms with Crippen molar-refractivity contribution in [3.05, 3.63) is 0 Å². The van der Waals surface area contributed by atoms with E-state index in [1.165, 1.54) is 6.92 Å². The van der Waals surface area contributed by atoms with Crippen LogP contribution >= 0.6 is 0 Å². The highest BCUT2D eigenvalue weighted by molar-refractivity contribution is 5.94. The number of aliphatic hydroxyl groups is 1. The van der Waals surface area contributed by atoms with E-state index in [9.17, 15) is 24.3 Å². The van der Waals surface area contributed by atoms with Crippen molar-refractivity contribution >= 4 is 23.8 Å². The van der Waals surface area contributed by atoms with Crippen molar-refractivity contribution in [3.8, 4) is 0 Å². The van der Waals surface area contributed by atoms with Crippen LogP contribution < -0.4 is 16.4 Å². The number of hydrogen-bond donors (Lipinski definition) is 6. The van der Waals surface area contributed by atoms with Gasteiger partial charge in [0, 0.05) is 0 Å². The fourth-order valence-corrected chi connectivity index (χ4v) is 1.81. The molecule has 2 amide bonds. The maximum atomic E-state index is 12.2. The number of carboxylic acid groups (broad SMARTS) is 2. The minimum absolute atomic E-state index is 0.396. The Morgan fingerprint density at radius 1 is 1.04 bits per heavy atom. The molecule has 24 heavy (non-hydrogen) atoms. The summed E-state index contributed by atoms with van der Waals surface area (Å²) in [6, 6.07) is -4.08. The number of aliphatic hydroxyl groups excluding tert-OH is 1. The Morgan fingerprint density at radius 2 is 1.58 bits per heavy atom. The Morgan fingerprint density at radius 3 is 1.96 bits per heavy atom. The second kappa shape index (κ2) is 9.83. The first kappa shape index (κ1) is 21.8. The molecule has 0 radical (unpaired) electrons. The largest absolute Gasteiger partial charge is 0.481 e. The Balaban J connectivity index is 5.15. The summed E-state index contributed by atoms with van der Waals surface area (Å²) in [5, 5.41) is 31.6. The molecule has 0 aliphatic rings. The average molecular weight is 347 g/mol. The van der Waals surface area contributed by atoms with Gasteiger partial charge in [-0.15, -0.1) is 0 Å². The lowest BCUT2D eigenvalue weighted by Gasteiger charge is -2.24. The molecule has 10 heteroatoms. The van der Waals surface area contributed by atoms with Crippen LogP contribution in [0.2, 0.25) is 0 Å². The van der Waals surface area contributed by atoms with E-state index in [2.05, 4.69) is 10.6 Å². The molecule has 0 fully saturated rings. The maximum absolute atomic E-state index is 12.2. The molecular weight excluding hydrogens is 322 g/mol. The fourth-order valence-electron chi connectivity index (χ4n) is 1.81. The van der Waals surface area contributed by atoms with Crippen molar-refractivity contribution in [1.82, 2.24) is 10.6 Å². The van der Waals surface area contributed by atoms with Crippen LogP contribution in [0, 0.1) is 5.92 Å². The Bertz CT molecular complexity index is 481. The Labute approximate surface area is 139 Å². The predicted octanol–water partition coefficient (Wildman–Crippen LogP) is -1.73. The van der Waals surface area contributed by atoms with Crippen LogP contribution in [0.25, 0.3) is 0 Å². The molecule has 0 bridgehead atoms. The van der Waals surface area contributed by atoms with Crippen molar-refractivity contribution < 1.29 is 34.5 Å². The zero-order valence-electron chi connectivity index (χ0n) is 13.9. The first-order chi connectivity index (χ1) is 11.0. The normalized spacial score (nSPS) is 17.0.